The molecule has 0 bridgehead atoms. The van der Waals surface area contributed by atoms with Crippen LogP contribution in [-0.2, 0) is 11.3 Å². The van der Waals surface area contributed by atoms with E-state index in [0.29, 0.717) is 27.8 Å². The third-order valence-electron chi connectivity index (χ3n) is 4.84. The molecule has 2 aliphatic rings. The van der Waals surface area contributed by atoms with E-state index in [9.17, 15) is 9.59 Å². The number of halogens is 2. The fourth-order valence-corrected chi connectivity index (χ4v) is 3.99. The number of carbonyl (C=O) groups is 2. The van der Waals surface area contributed by atoms with Crippen LogP contribution in [0.2, 0.25) is 10.0 Å². The Morgan fingerprint density at radius 3 is 2.88 bits per heavy atom. The number of nitrogens with zero attached hydrogens (tertiary/aromatic N) is 1. The summed E-state index contributed by atoms with van der Waals surface area (Å²) in [5.41, 5.74) is 2.94. The zero-order valence-electron chi connectivity index (χ0n) is 13.9. The Balaban J connectivity index is 1.50. The van der Waals surface area contributed by atoms with Crippen molar-refractivity contribution in [3.8, 4) is 0 Å². The SMILES string of the molecule is O=C(NCc1ccc(Cl)cc1Cl)c1ccc2c(c1)NC(=O)[C@H]1CCCN21. The second kappa shape index (κ2) is 6.82. The van der Waals surface area contributed by atoms with E-state index in [1.54, 1.807) is 30.3 Å². The summed E-state index contributed by atoms with van der Waals surface area (Å²) in [6.45, 7) is 1.16. The minimum atomic E-state index is -0.225. The quantitative estimate of drug-likeness (QED) is 0.837. The van der Waals surface area contributed by atoms with Gasteiger partial charge < -0.3 is 15.5 Å². The van der Waals surface area contributed by atoms with E-state index >= 15 is 0 Å². The van der Waals surface area contributed by atoms with Gasteiger partial charge in [-0.05, 0) is 48.7 Å². The first-order chi connectivity index (χ1) is 12.5. The van der Waals surface area contributed by atoms with Crippen LogP contribution in [-0.4, -0.2) is 24.4 Å². The smallest absolute Gasteiger partial charge is 0.251 e. The number of hydrogen-bond acceptors (Lipinski definition) is 3. The molecule has 1 atom stereocenters. The van der Waals surface area contributed by atoms with Crippen molar-refractivity contribution in [2.45, 2.75) is 25.4 Å². The van der Waals surface area contributed by atoms with E-state index in [-0.39, 0.29) is 17.9 Å². The summed E-state index contributed by atoms with van der Waals surface area (Å²) < 4.78 is 0. The molecule has 2 aromatic rings. The summed E-state index contributed by atoms with van der Waals surface area (Å²) in [7, 11) is 0. The van der Waals surface area contributed by atoms with Crippen molar-refractivity contribution in [1.29, 1.82) is 0 Å². The highest BCUT2D eigenvalue weighted by molar-refractivity contribution is 6.35. The molecule has 2 amide bonds. The van der Waals surface area contributed by atoms with Crippen LogP contribution in [0.15, 0.2) is 36.4 Å². The van der Waals surface area contributed by atoms with Crippen LogP contribution in [0.1, 0.15) is 28.8 Å². The van der Waals surface area contributed by atoms with Crippen LogP contribution in [0.5, 0.6) is 0 Å². The number of fused-ring (bicyclic) bond motifs is 3. The van der Waals surface area contributed by atoms with E-state index in [4.69, 9.17) is 23.2 Å². The van der Waals surface area contributed by atoms with Crippen molar-refractivity contribution >= 4 is 46.4 Å². The fraction of sp³-hybridized carbons (Fsp3) is 0.263. The summed E-state index contributed by atoms with van der Waals surface area (Å²) in [5, 5.41) is 6.83. The van der Waals surface area contributed by atoms with Crippen LogP contribution in [0.4, 0.5) is 11.4 Å². The monoisotopic (exact) mass is 389 g/mol. The van der Waals surface area contributed by atoms with Gasteiger partial charge in [0.05, 0.1) is 11.4 Å². The molecule has 134 valence electrons. The minimum Gasteiger partial charge on any atom is -0.358 e. The van der Waals surface area contributed by atoms with Gasteiger partial charge in [0.1, 0.15) is 6.04 Å². The molecule has 0 aliphatic carbocycles. The molecule has 7 heteroatoms. The Hall–Kier alpha value is -2.24. The summed E-state index contributed by atoms with van der Waals surface area (Å²) in [4.78, 5) is 26.8. The van der Waals surface area contributed by atoms with Gasteiger partial charge in [0.2, 0.25) is 5.91 Å². The minimum absolute atomic E-state index is 0.000467. The molecule has 1 saturated heterocycles. The second-order valence-electron chi connectivity index (χ2n) is 6.49. The van der Waals surface area contributed by atoms with E-state index < -0.39 is 0 Å². The fourth-order valence-electron chi connectivity index (χ4n) is 3.51. The average molecular weight is 390 g/mol. The first-order valence-electron chi connectivity index (χ1n) is 8.46. The second-order valence-corrected chi connectivity index (χ2v) is 7.33. The van der Waals surface area contributed by atoms with Crippen molar-refractivity contribution in [2.75, 3.05) is 16.8 Å². The van der Waals surface area contributed by atoms with Gasteiger partial charge in [-0.25, -0.2) is 0 Å². The van der Waals surface area contributed by atoms with Gasteiger partial charge in [-0.1, -0.05) is 29.3 Å². The molecule has 1 fully saturated rings. The molecule has 2 N–H and O–H groups in total. The molecule has 0 unspecified atom stereocenters. The number of amides is 2. The Morgan fingerprint density at radius 1 is 1.23 bits per heavy atom. The van der Waals surface area contributed by atoms with Gasteiger partial charge in [-0.3, -0.25) is 9.59 Å². The van der Waals surface area contributed by atoms with Gasteiger partial charge in [-0.15, -0.1) is 0 Å². The first-order valence-corrected chi connectivity index (χ1v) is 9.22. The molecule has 4 rings (SSSR count). The van der Waals surface area contributed by atoms with Crippen molar-refractivity contribution in [1.82, 2.24) is 5.32 Å². The zero-order chi connectivity index (χ0) is 18.3. The number of nitrogens with one attached hydrogen (secondary N) is 2. The van der Waals surface area contributed by atoms with Crippen molar-refractivity contribution in [3.05, 3.63) is 57.6 Å². The van der Waals surface area contributed by atoms with E-state index in [1.807, 2.05) is 6.07 Å². The Kier molecular flexibility index (Phi) is 4.51. The standard InChI is InChI=1S/C19H17Cl2N3O2/c20-13-5-3-12(14(21)9-13)10-22-18(25)11-4-6-16-15(8-11)23-19(26)17-2-1-7-24(16)17/h3-6,8-9,17H,1-2,7,10H2,(H,22,25)(H,23,26)/t17-/m1/s1. The van der Waals surface area contributed by atoms with E-state index in [1.165, 1.54) is 0 Å². The molecule has 2 heterocycles. The van der Waals surface area contributed by atoms with Crippen LogP contribution in [0.3, 0.4) is 0 Å². The van der Waals surface area contributed by atoms with Gasteiger partial charge >= 0.3 is 0 Å². The van der Waals surface area contributed by atoms with Crippen LogP contribution in [0.25, 0.3) is 0 Å². The molecule has 0 aromatic heterocycles. The molecule has 0 spiro atoms. The number of anilines is 2. The topological polar surface area (TPSA) is 61.4 Å². The molecular formula is C19H17Cl2N3O2. The van der Waals surface area contributed by atoms with Crippen molar-refractivity contribution < 1.29 is 9.59 Å². The lowest BCUT2D eigenvalue weighted by molar-refractivity contribution is -0.117. The van der Waals surface area contributed by atoms with Gasteiger partial charge in [-0.2, -0.15) is 0 Å². The molecule has 2 aliphatic heterocycles. The zero-order valence-corrected chi connectivity index (χ0v) is 15.4. The van der Waals surface area contributed by atoms with Gasteiger partial charge in [0.25, 0.3) is 5.91 Å². The van der Waals surface area contributed by atoms with Gasteiger partial charge in [0.15, 0.2) is 0 Å². The maximum atomic E-state index is 12.5. The first kappa shape index (κ1) is 17.2. The van der Waals surface area contributed by atoms with Gasteiger partial charge in [0, 0.05) is 28.7 Å². The Morgan fingerprint density at radius 2 is 2.08 bits per heavy atom. The summed E-state index contributed by atoms with van der Waals surface area (Å²) in [5.74, 6) is -0.225. The summed E-state index contributed by atoms with van der Waals surface area (Å²) in [6, 6.07) is 10.5. The molecule has 5 nitrogen and oxygen atoms in total. The highest BCUT2D eigenvalue weighted by atomic mass is 35.5. The highest BCUT2D eigenvalue weighted by Gasteiger charge is 2.36. The lowest BCUT2D eigenvalue weighted by Gasteiger charge is -2.33. The third-order valence-corrected chi connectivity index (χ3v) is 5.42. The predicted molar refractivity (Wildman–Crippen MR) is 103 cm³/mol. The normalized spacial score (nSPS) is 18.2. The van der Waals surface area contributed by atoms with Crippen LogP contribution >= 0.6 is 23.2 Å². The molecule has 0 saturated carbocycles. The predicted octanol–water partition coefficient (Wildman–Crippen LogP) is 3.84. The largest absolute Gasteiger partial charge is 0.358 e. The van der Waals surface area contributed by atoms with Crippen LogP contribution in [0, 0.1) is 0 Å². The number of benzene rings is 2. The number of rotatable bonds is 3. The van der Waals surface area contributed by atoms with Crippen molar-refractivity contribution in [3.63, 3.8) is 0 Å². The Bertz CT molecular complexity index is 900. The highest BCUT2D eigenvalue weighted by Crippen LogP contribution is 2.37. The summed E-state index contributed by atoms with van der Waals surface area (Å²) in [6.07, 6.45) is 1.87. The molecular weight excluding hydrogens is 373 g/mol. The lowest BCUT2D eigenvalue weighted by Crippen LogP contribution is -2.44. The maximum Gasteiger partial charge on any atom is 0.251 e. The Labute approximate surface area is 161 Å². The maximum absolute atomic E-state index is 12.5. The lowest BCUT2D eigenvalue weighted by atomic mass is 10.1. The van der Waals surface area contributed by atoms with Crippen molar-refractivity contribution in [2.24, 2.45) is 0 Å². The molecule has 26 heavy (non-hydrogen) atoms. The average Bonchev–Trinajstić information content (AvgIpc) is 3.11. The number of hydrogen-bond donors (Lipinski definition) is 2. The van der Waals surface area contributed by atoms with Crippen LogP contribution < -0.4 is 15.5 Å². The summed E-state index contributed by atoms with van der Waals surface area (Å²) >= 11 is 12.0. The van der Waals surface area contributed by atoms with E-state index in [0.717, 1.165) is 30.6 Å². The molecule has 0 radical (unpaired) electrons. The third kappa shape index (κ3) is 3.13. The van der Waals surface area contributed by atoms with E-state index in [2.05, 4.69) is 15.5 Å². The molecule has 2 aromatic carbocycles. The number of carbonyl (C=O) groups excluding carboxylic acids is 2.